The van der Waals surface area contributed by atoms with E-state index in [1.807, 2.05) is 20.8 Å². The number of amides is 2. The lowest BCUT2D eigenvalue weighted by atomic mass is 10.2. The number of pyridine rings is 1. The highest BCUT2D eigenvalue weighted by molar-refractivity contribution is 5.93. The second kappa shape index (κ2) is 8.94. The second-order valence-corrected chi connectivity index (χ2v) is 4.61. The molecule has 0 saturated heterocycles. The molecule has 0 fully saturated rings. The van der Waals surface area contributed by atoms with Crippen LogP contribution >= 0.6 is 0 Å². The molecule has 0 aliphatic carbocycles. The molecule has 0 atom stereocenters. The third kappa shape index (κ3) is 5.41. The number of nitrogens with zero attached hydrogens (tertiary/aromatic N) is 2. The quantitative estimate of drug-likeness (QED) is 0.761. The molecule has 1 rings (SSSR count). The van der Waals surface area contributed by atoms with Gasteiger partial charge in [-0.2, -0.15) is 0 Å². The molecule has 0 spiro atoms. The highest BCUT2D eigenvalue weighted by Crippen LogP contribution is 2.09. The topological polar surface area (TPSA) is 74.3 Å². The van der Waals surface area contributed by atoms with E-state index in [9.17, 15) is 9.59 Å². The molecule has 0 radical (unpaired) electrons. The highest BCUT2D eigenvalue weighted by atomic mass is 16.2. The average molecular weight is 292 g/mol. The molecular weight excluding hydrogens is 268 g/mol. The fourth-order valence-corrected chi connectivity index (χ4v) is 1.84. The predicted octanol–water partition coefficient (Wildman–Crippen LogP) is 1.50. The van der Waals surface area contributed by atoms with Crippen molar-refractivity contribution in [2.45, 2.75) is 27.2 Å². The first-order valence-corrected chi connectivity index (χ1v) is 7.38. The first-order chi connectivity index (χ1) is 10.1. The molecule has 0 aromatic carbocycles. The zero-order valence-corrected chi connectivity index (χ0v) is 13.0. The molecule has 6 heteroatoms. The van der Waals surface area contributed by atoms with Crippen molar-refractivity contribution in [2.24, 2.45) is 0 Å². The van der Waals surface area contributed by atoms with Crippen LogP contribution in [-0.4, -0.2) is 47.9 Å². The maximum Gasteiger partial charge on any atom is 0.272 e. The van der Waals surface area contributed by atoms with Crippen LogP contribution in [0.4, 0.5) is 5.69 Å². The van der Waals surface area contributed by atoms with Gasteiger partial charge in [-0.3, -0.25) is 14.6 Å². The minimum absolute atomic E-state index is 0.0646. The predicted molar refractivity (Wildman–Crippen MR) is 83.3 cm³/mol. The average Bonchev–Trinajstić information content (AvgIpc) is 2.52. The van der Waals surface area contributed by atoms with Gasteiger partial charge >= 0.3 is 0 Å². The molecule has 1 heterocycles. The van der Waals surface area contributed by atoms with Gasteiger partial charge < -0.3 is 15.5 Å². The van der Waals surface area contributed by atoms with Crippen LogP contribution in [0.5, 0.6) is 0 Å². The van der Waals surface area contributed by atoms with Gasteiger partial charge in [-0.05, 0) is 32.4 Å². The molecular formula is C15H24N4O2. The molecule has 1 aromatic rings. The summed E-state index contributed by atoms with van der Waals surface area (Å²) in [6, 6.07) is 3.42. The second-order valence-electron chi connectivity index (χ2n) is 4.61. The molecule has 2 amide bonds. The van der Waals surface area contributed by atoms with Gasteiger partial charge in [-0.15, -0.1) is 0 Å². The van der Waals surface area contributed by atoms with E-state index in [0.717, 1.165) is 6.42 Å². The van der Waals surface area contributed by atoms with Crippen LogP contribution in [0.1, 0.15) is 37.7 Å². The van der Waals surface area contributed by atoms with Crippen molar-refractivity contribution in [3.8, 4) is 0 Å². The number of carbonyl (C=O) groups is 2. The largest absolute Gasteiger partial charge is 0.376 e. The number of carbonyl (C=O) groups excluding carboxylic acids is 2. The summed E-state index contributed by atoms with van der Waals surface area (Å²) >= 11 is 0. The van der Waals surface area contributed by atoms with E-state index in [-0.39, 0.29) is 18.4 Å². The molecule has 0 aliphatic heterocycles. The van der Waals surface area contributed by atoms with E-state index in [1.165, 1.54) is 0 Å². The molecule has 0 unspecified atom stereocenters. The molecule has 116 valence electrons. The monoisotopic (exact) mass is 292 g/mol. The molecule has 6 nitrogen and oxygen atoms in total. The number of anilines is 1. The summed E-state index contributed by atoms with van der Waals surface area (Å²) in [5.74, 6) is -0.163. The minimum atomic E-state index is -0.0981. The zero-order valence-electron chi connectivity index (χ0n) is 13.0. The fourth-order valence-electron chi connectivity index (χ4n) is 1.84. The third-order valence-corrected chi connectivity index (χ3v) is 3.05. The summed E-state index contributed by atoms with van der Waals surface area (Å²) in [7, 11) is 0. The SMILES string of the molecule is CCCNC(=O)CNc1ccnc(C(=O)N(CC)CC)c1. The third-order valence-electron chi connectivity index (χ3n) is 3.05. The summed E-state index contributed by atoms with van der Waals surface area (Å²) in [5, 5.41) is 5.78. The Balaban J connectivity index is 2.64. The summed E-state index contributed by atoms with van der Waals surface area (Å²) in [4.78, 5) is 29.5. The molecule has 2 N–H and O–H groups in total. The fraction of sp³-hybridized carbons (Fsp3) is 0.533. The van der Waals surface area contributed by atoms with Crippen LogP contribution in [0, 0.1) is 0 Å². The van der Waals surface area contributed by atoms with Gasteiger partial charge in [0.2, 0.25) is 5.91 Å². The molecule has 1 aromatic heterocycles. The molecule has 21 heavy (non-hydrogen) atoms. The van der Waals surface area contributed by atoms with Crippen LogP contribution in [0.25, 0.3) is 0 Å². The normalized spacial score (nSPS) is 10.0. The van der Waals surface area contributed by atoms with E-state index in [2.05, 4.69) is 15.6 Å². The number of hydrogen-bond donors (Lipinski definition) is 2. The van der Waals surface area contributed by atoms with Crippen molar-refractivity contribution in [1.29, 1.82) is 0 Å². The lowest BCUT2D eigenvalue weighted by molar-refractivity contribution is -0.119. The van der Waals surface area contributed by atoms with Crippen LogP contribution in [-0.2, 0) is 4.79 Å². The summed E-state index contributed by atoms with van der Waals surface area (Å²) in [6.45, 7) is 8.01. The number of rotatable bonds is 8. The van der Waals surface area contributed by atoms with Gasteiger partial charge in [0.05, 0.1) is 6.54 Å². The first kappa shape index (κ1) is 16.9. The van der Waals surface area contributed by atoms with Crippen LogP contribution in [0.3, 0.4) is 0 Å². The van der Waals surface area contributed by atoms with Gasteiger partial charge in [-0.1, -0.05) is 6.92 Å². The molecule has 0 aliphatic rings. The van der Waals surface area contributed by atoms with Crippen molar-refractivity contribution in [1.82, 2.24) is 15.2 Å². The Morgan fingerprint density at radius 3 is 2.57 bits per heavy atom. The van der Waals surface area contributed by atoms with Gasteiger partial charge in [0.1, 0.15) is 5.69 Å². The first-order valence-electron chi connectivity index (χ1n) is 7.38. The van der Waals surface area contributed by atoms with Crippen molar-refractivity contribution in [3.05, 3.63) is 24.0 Å². The van der Waals surface area contributed by atoms with E-state index in [1.54, 1.807) is 23.2 Å². The number of aromatic nitrogens is 1. The molecule has 0 saturated carbocycles. The van der Waals surface area contributed by atoms with Crippen LogP contribution in [0.15, 0.2) is 18.3 Å². The number of nitrogens with one attached hydrogen (secondary N) is 2. The maximum absolute atomic E-state index is 12.2. The Kier molecular flexibility index (Phi) is 7.21. The van der Waals surface area contributed by atoms with Crippen molar-refractivity contribution < 1.29 is 9.59 Å². The summed E-state index contributed by atoms with van der Waals surface area (Å²) < 4.78 is 0. The van der Waals surface area contributed by atoms with Gasteiger partial charge in [0.25, 0.3) is 5.91 Å². The molecule has 0 bridgehead atoms. The Bertz CT molecular complexity index is 472. The van der Waals surface area contributed by atoms with Crippen molar-refractivity contribution in [3.63, 3.8) is 0 Å². The van der Waals surface area contributed by atoms with E-state index in [0.29, 0.717) is 31.0 Å². The Morgan fingerprint density at radius 2 is 1.95 bits per heavy atom. The smallest absolute Gasteiger partial charge is 0.272 e. The number of hydrogen-bond acceptors (Lipinski definition) is 4. The van der Waals surface area contributed by atoms with E-state index in [4.69, 9.17) is 0 Å². The van der Waals surface area contributed by atoms with E-state index < -0.39 is 0 Å². The Hall–Kier alpha value is -2.11. The zero-order chi connectivity index (χ0) is 15.7. The summed E-state index contributed by atoms with van der Waals surface area (Å²) in [6.07, 6.45) is 2.48. The van der Waals surface area contributed by atoms with Gasteiger partial charge in [0.15, 0.2) is 0 Å². The Morgan fingerprint density at radius 1 is 1.24 bits per heavy atom. The van der Waals surface area contributed by atoms with Crippen LogP contribution < -0.4 is 10.6 Å². The van der Waals surface area contributed by atoms with Crippen LogP contribution in [0.2, 0.25) is 0 Å². The van der Waals surface area contributed by atoms with Crippen molar-refractivity contribution in [2.75, 3.05) is 31.5 Å². The van der Waals surface area contributed by atoms with Crippen molar-refractivity contribution >= 4 is 17.5 Å². The van der Waals surface area contributed by atoms with E-state index >= 15 is 0 Å². The lowest BCUT2D eigenvalue weighted by Gasteiger charge is -2.18. The maximum atomic E-state index is 12.2. The minimum Gasteiger partial charge on any atom is -0.376 e. The Labute approximate surface area is 125 Å². The standard InChI is InChI=1S/C15H24N4O2/c1-4-8-17-14(20)11-18-12-7-9-16-13(10-12)15(21)19(5-2)6-3/h7,9-10H,4-6,8,11H2,1-3H3,(H,16,18)(H,17,20). The lowest BCUT2D eigenvalue weighted by Crippen LogP contribution is -2.31. The highest BCUT2D eigenvalue weighted by Gasteiger charge is 2.14. The van der Waals surface area contributed by atoms with Gasteiger partial charge in [-0.25, -0.2) is 0 Å². The summed E-state index contributed by atoms with van der Waals surface area (Å²) in [5.41, 5.74) is 1.10. The van der Waals surface area contributed by atoms with Gasteiger partial charge in [0, 0.05) is 31.5 Å².